The molecule has 1 heterocycles. The van der Waals surface area contributed by atoms with Crippen LogP contribution in [-0.4, -0.2) is 29.8 Å². The van der Waals surface area contributed by atoms with Crippen molar-refractivity contribution in [3.05, 3.63) is 28.2 Å². The van der Waals surface area contributed by atoms with Crippen molar-refractivity contribution < 1.29 is 9.59 Å². The Morgan fingerprint density at radius 3 is 2.59 bits per heavy atom. The number of hydrogen-bond acceptors (Lipinski definition) is 2. The molecule has 1 aliphatic heterocycles. The number of likely N-dealkylation sites (tertiary alicyclic amines) is 1. The predicted molar refractivity (Wildman–Crippen MR) is 89.3 cm³/mol. The van der Waals surface area contributed by atoms with Gasteiger partial charge in [0.15, 0.2) is 0 Å². The Balaban J connectivity index is 1.90. The minimum Gasteiger partial charge on any atom is -0.343 e. The predicted octanol–water partition coefficient (Wildman–Crippen LogP) is 3.97. The van der Waals surface area contributed by atoms with E-state index in [4.69, 9.17) is 23.2 Å². The van der Waals surface area contributed by atoms with Gasteiger partial charge in [0, 0.05) is 30.5 Å². The number of anilines is 1. The van der Waals surface area contributed by atoms with Crippen molar-refractivity contribution in [3.63, 3.8) is 0 Å². The largest absolute Gasteiger partial charge is 0.343 e. The number of benzene rings is 1. The second-order valence-electron chi connectivity index (χ2n) is 5.52. The molecule has 0 saturated carbocycles. The number of hydrogen-bond donors (Lipinski definition) is 1. The standard InChI is InChI=1S/C16H20Cl2N2O2/c1-2-3-15(21)20-8-6-11(7-9-20)16(22)19-14-10-12(17)4-5-13(14)18/h4-5,10-11H,2-3,6-9H2,1H3,(H,19,22). The van der Waals surface area contributed by atoms with Crippen LogP contribution >= 0.6 is 23.2 Å². The normalized spacial score (nSPS) is 15.7. The summed E-state index contributed by atoms with van der Waals surface area (Å²) in [6, 6.07) is 4.98. The van der Waals surface area contributed by atoms with E-state index in [1.165, 1.54) is 0 Å². The summed E-state index contributed by atoms with van der Waals surface area (Å²) in [4.78, 5) is 26.0. The van der Waals surface area contributed by atoms with Crippen LogP contribution in [0, 0.1) is 5.92 Å². The third-order valence-corrected chi connectivity index (χ3v) is 4.43. The molecule has 1 aromatic carbocycles. The summed E-state index contributed by atoms with van der Waals surface area (Å²) in [5.74, 6) is 0.0201. The van der Waals surface area contributed by atoms with E-state index in [-0.39, 0.29) is 17.7 Å². The van der Waals surface area contributed by atoms with E-state index < -0.39 is 0 Å². The van der Waals surface area contributed by atoms with Crippen molar-refractivity contribution in [1.82, 2.24) is 4.90 Å². The van der Waals surface area contributed by atoms with Gasteiger partial charge in [-0.25, -0.2) is 0 Å². The van der Waals surface area contributed by atoms with Crippen LogP contribution in [0.5, 0.6) is 0 Å². The first-order valence-corrected chi connectivity index (χ1v) is 8.30. The third kappa shape index (κ3) is 4.37. The molecule has 1 aromatic rings. The molecule has 1 saturated heterocycles. The summed E-state index contributed by atoms with van der Waals surface area (Å²) < 4.78 is 0. The Morgan fingerprint density at radius 1 is 1.27 bits per heavy atom. The molecule has 1 fully saturated rings. The molecule has 22 heavy (non-hydrogen) atoms. The second-order valence-corrected chi connectivity index (χ2v) is 6.36. The summed E-state index contributed by atoms with van der Waals surface area (Å²) in [6.07, 6.45) is 2.79. The first-order chi connectivity index (χ1) is 10.5. The average molecular weight is 343 g/mol. The fourth-order valence-electron chi connectivity index (χ4n) is 2.59. The van der Waals surface area contributed by atoms with Crippen molar-refractivity contribution in [2.24, 2.45) is 5.92 Å². The van der Waals surface area contributed by atoms with Gasteiger partial charge in [0.25, 0.3) is 0 Å². The summed E-state index contributed by atoms with van der Waals surface area (Å²) in [5.41, 5.74) is 0.531. The maximum Gasteiger partial charge on any atom is 0.227 e. The van der Waals surface area contributed by atoms with Gasteiger partial charge in [-0.1, -0.05) is 30.1 Å². The Hall–Kier alpha value is -1.26. The number of carbonyl (C=O) groups is 2. The van der Waals surface area contributed by atoms with Crippen molar-refractivity contribution in [3.8, 4) is 0 Å². The van der Waals surface area contributed by atoms with Crippen LogP contribution in [0.25, 0.3) is 0 Å². The molecule has 0 unspecified atom stereocenters. The molecule has 120 valence electrons. The molecule has 0 atom stereocenters. The Kier molecular flexibility index (Phi) is 6.09. The lowest BCUT2D eigenvalue weighted by Crippen LogP contribution is -2.41. The summed E-state index contributed by atoms with van der Waals surface area (Å²) in [6.45, 7) is 3.27. The highest BCUT2D eigenvalue weighted by Crippen LogP contribution is 2.27. The number of halogens is 2. The van der Waals surface area contributed by atoms with Crippen molar-refractivity contribution in [2.75, 3.05) is 18.4 Å². The van der Waals surface area contributed by atoms with Gasteiger partial charge in [0.1, 0.15) is 0 Å². The fraction of sp³-hybridized carbons (Fsp3) is 0.500. The fourth-order valence-corrected chi connectivity index (χ4v) is 2.93. The van der Waals surface area contributed by atoms with Gasteiger partial charge in [0.2, 0.25) is 11.8 Å². The molecular weight excluding hydrogens is 323 g/mol. The zero-order chi connectivity index (χ0) is 16.1. The molecule has 1 aliphatic rings. The van der Waals surface area contributed by atoms with E-state index in [1.54, 1.807) is 18.2 Å². The molecular formula is C16H20Cl2N2O2. The first-order valence-electron chi connectivity index (χ1n) is 7.55. The van der Waals surface area contributed by atoms with E-state index in [0.717, 1.165) is 6.42 Å². The first kappa shape index (κ1) is 17.1. The zero-order valence-corrected chi connectivity index (χ0v) is 14.1. The zero-order valence-electron chi connectivity index (χ0n) is 12.6. The Morgan fingerprint density at radius 2 is 1.95 bits per heavy atom. The minimum atomic E-state index is -0.0966. The van der Waals surface area contributed by atoms with E-state index >= 15 is 0 Å². The van der Waals surface area contributed by atoms with Crippen LogP contribution in [0.1, 0.15) is 32.6 Å². The van der Waals surface area contributed by atoms with Gasteiger partial charge in [-0.05, 0) is 37.5 Å². The lowest BCUT2D eigenvalue weighted by Gasteiger charge is -2.31. The van der Waals surface area contributed by atoms with Gasteiger partial charge >= 0.3 is 0 Å². The van der Waals surface area contributed by atoms with E-state index in [9.17, 15) is 9.59 Å². The average Bonchev–Trinajstić information content (AvgIpc) is 2.51. The van der Waals surface area contributed by atoms with Crippen molar-refractivity contribution in [2.45, 2.75) is 32.6 Å². The van der Waals surface area contributed by atoms with Crippen molar-refractivity contribution in [1.29, 1.82) is 0 Å². The van der Waals surface area contributed by atoms with Gasteiger partial charge in [-0.3, -0.25) is 9.59 Å². The topological polar surface area (TPSA) is 49.4 Å². The summed E-state index contributed by atoms with van der Waals surface area (Å²) in [7, 11) is 0. The van der Waals surface area contributed by atoms with E-state index in [1.807, 2.05) is 11.8 Å². The van der Waals surface area contributed by atoms with Gasteiger partial charge in [0.05, 0.1) is 10.7 Å². The number of piperidine rings is 1. The van der Waals surface area contributed by atoms with Crippen LogP contribution in [0.4, 0.5) is 5.69 Å². The van der Waals surface area contributed by atoms with Crippen LogP contribution in [0.2, 0.25) is 10.0 Å². The Bertz CT molecular complexity index is 555. The van der Waals surface area contributed by atoms with Crippen LogP contribution in [-0.2, 0) is 9.59 Å². The smallest absolute Gasteiger partial charge is 0.227 e. The second kappa shape index (κ2) is 7.84. The molecule has 2 amide bonds. The minimum absolute atomic E-state index is 0.0632. The van der Waals surface area contributed by atoms with Gasteiger partial charge in [-0.15, -0.1) is 0 Å². The van der Waals surface area contributed by atoms with Crippen LogP contribution < -0.4 is 5.32 Å². The maximum atomic E-state index is 12.3. The number of rotatable bonds is 4. The molecule has 0 aromatic heterocycles. The summed E-state index contributed by atoms with van der Waals surface area (Å²) >= 11 is 12.0. The Labute approximate surface area is 140 Å². The van der Waals surface area contributed by atoms with Gasteiger partial charge < -0.3 is 10.2 Å². The number of amides is 2. The SMILES string of the molecule is CCCC(=O)N1CCC(C(=O)Nc2cc(Cl)ccc2Cl)CC1. The lowest BCUT2D eigenvalue weighted by atomic mass is 9.95. The van der Waals surface area contributed by atoms with Gasteiger partial charge in [-0.2, -0.15) is 0 Å². The van der Waals surface area contributed by atoms with Crippen LogP contribution in [0.3, 0.4) is 0 Å². The molecule has 0 aliphatic carbocycles. The van der Waals surface area contributed by atoms with E-state index in [2.05, 4.69) is 5.32 Å². The summed E-state index contributed by atoms with van der Waals surface area (Å²) in [5, 5.41) is 3.82. The molecule has 1 N–H and O–H groups in total. The number of nitrogens with one attached hydrogen (secondary N) is 1. The quantitative estimate of drug-likeness (QED) is 0.899. The monoisotopic (exact) mass is 342 g/mol. The molecule has 2 rings (SSSR count). The molecule has 0 radical (unpaired) electrons. The molecule has 0 spiro atoms. The maximum absolute atomic E-state index is 12.3. The highest BCUT2D eigenvalue weighted by Gasteiger charge is 2.27. The molecule has 0 bridgehead atoms. The number of nitrogens with zero attached hydrogens (tertiary/aromatic N) is 1. The third-order valence-electron chi connectivity index (χ3n) is 3.87. The van der Waals surface area contributed by atoms with E-state index in [0.29, 0.717) is 48.1 Å². The highest BCUT2D eigenvalue weighted by atomic mass is 35.5. The molecule has 6 heteroatoms. The van der Waals surface area contributed by atoms with Crippen molar-refractivity contribution >= 4 is 40.7 Å². The highest BCUT2D eigenvalue weighted by molar-refractivity contribution is 6.35. The molecule has 4 nitrogen and oxygen atoms in total. The van der Waals surface area contributed by atoms with Crippen LogP contribution in [0.15, 0.2) is 18.2 Å². The number of carbonyl (C=O) groups excluding carboxylic acids is 2. The lowest BCUT2D eigenvalue weighted by molar-refractivity contribution is -0.134.